The van der Waals surface area contributed by atoms with Crippen LogP contribution in [0.2, 0.25) is 0 Å². The van der Waals surface area contributed by atoms with E-state index in [1.807, 2.05) is 0 Å². The average Bonchev–Trinajstić information content (AvgIpc) is 3.90. The molecule has 0 N–H and O–H groups in total. The van der Waals surface area contributed by atoms with Crippen LogP contribution in [0.3, 0.4) is 0 Å². The molecule has 284 valence electrons. The van der Waals surface area contributed by atoms with Crippen LogP contribution in [0.4, 0.5) is 0 Å². The lowest BCUT2D eigenvalue weighted by Crippen LogP contribution is -2.75. The third-order valence-electron chi connectivity index (χ3n) is 13.5. The molecule has 2 aromatic heterocycles. The zero-order valence-electron chi connectivity index (χ0n) is 33.7. The second-order valence-corrected chi connectivity index (χ2v) is 20.6. The summed E-state index contributed by atoms with van der Waals surface area (Å²) in [4.78, 5) is 0. The van der Waals surface area contributed by atoms with Gasteiger partial charge in [0.2, 0.25) is 0 Å². The summed E-state index contributed by atoms with van der Waals surface area (Å²) in [7, 11) is -3.01. The van der Waals surface area contributed by atoms with Crippen molar-refractivity contribution in [3.8, 4) is 22.5 Å². The van der Waals surface area contributed by atoms with Gasteiger partial charge in [0.1, 0.15) is 0 Å². The van der Waals surface area contributed by atoms with Crippen molar-refractivity contribution in [1.29, 1.82) is 0 Å². The number of aromatic nitrogens is 2. The van der Waals surface area contributed by atoms with Gasteiger partial charge < -0.3 is 9.13 Å². The molecule has 0 fully saturated rings. The van der Waals surface area contributed by atoms with Gasteiger partial charge in [0.05, 0.1) is 22.1 Å². The van der Waals surface area contributed by atoms with E-state index in [1.54, 1.807) is 0 Å². The van der Waals surface area contributed by atoms with Gasteiger partial charge in [0.15, 0.2) is 8.07 Å². The normalized spacial score (nSPS) is 13.3. The molecule has 0 saturated heterocycles. The third-order valence-corrected chi connectivity index (χ3v) is 18.3. The first-order valence-corrected chi connectivity index (χ1v) is 23.0. The highest BCUT2D eigenvalue weighted by molar-refractivity contribution is 7.20. The molecule has 0 amide bonds. The van der Waals surface area contributed by atoms with E-state index in [0.29, 0.717) is 0 Å². The molecular weight excluding hydrogens is 741 g/mol. The van der Waals surface area contributed by atoms with E-state index in [0.717, 1.165) is 5.69 Å². The fourth-order valence-corrected chi connectivity index (χ4v) is 15.7. The number of para-hydroxylation sites is 4. The Morgan fingerprint density at radius 3 is 1.55 bits per heavy atom. The maximum absolute atomic E-state index is 3.01. The molecule has 9 aromatic carbocycles. The lowest BCUT2D eigenvalue weighted by Gasteiger charge is -2.35. The van der Waals surface area contributed by atoms with Gasteiger partial charge in [-0.25, -0.2) is 0 Å². The van der Waals surface area contributed by atoms with E-state index in [2.05, 4.69) is 241 Å². The number of benzene rings is 9. The molecule has 0 radical (unpaired) electrons. The van der Waals surface area contributed by atoms with Gasteiger partial charge in [-0.1, -0.05) is 184 Å². The van der Waals surface area contributed by atoms with E-state index in [9.17, 15) is 0 Å². The van der Waals surface area contributed by atoms with Crippen molar-refractivity contribution in [2.75, 3.05) is 0 Å². The fraction of sp³-hybridized carbons (Fsp3) is 0.0526. The molecule has 1 aliphatic carbocycles. The van der Waals surface area contributed by atoms with Gasteiger partial charge >= 0.3 is 0 Å². The summed E-state index contributed by atoms with van der Waals surface area (Å²) < 4.78 is 5.00. The number of fused-ring (bicyclic) bond motifs is 9. The lowest BCUT2D eigenvalue weighted by molar-refractivity contribution is 0.661. The van der Waals surface area contributed by atoms with E-state index in [4.69, 9.17) is 0 Å². The molecule has 0 bridgehead atoms. The second-order valence-electron chi connectivity index (χ2n) is 16.9. The second kappa shape index (κ2) is 13.2. The van der Waals surface area contributed by atoms with E-state index in [1.165, 1.54) is 92.3 Å². The zero-order chi connectivity index (χ0) is 40.0. The number of nitrogens with zero attached hydrogens (tertiary/aromatic N) is 2. The molecule has 0 atom stereocenters. The highest BCUT2D eigenvalue weighted by atomic mass is 28.3. The maximum Gasteiger partial charge on any atom is 0.181 e. The molecule has 60 heavy (non-hydrogen) atoms. The minimum atomic E-state index is -3.01. The smallest absolute Gasteiger partial charge is 0.181 e. The average molecular weight is 783 g/mol. The van der Waals surface area contributed by atoms with Crippen molar-refractivity contribution in [3.05, 3.63) is 230 Å². The van der Waals surface area contributed by atoms with Crippen LogP contribution < -0.4 is 20.7 Å². The summed E-state index contributed by atoms with van der Waals surface area (Å²) in [6.45, 7) is 4.74. The van der Waals surface area contributed by atoms with E-state index < -0.39 is 8.07 Å². The molecular formula is C57H42N2Si. The minimum absolute atomic E-state index is 0.0666. The first-order chi connectivity index (χ1) is 29.5. The molecule has 0 spiro atoms. The first-order valence-electron chi connectivity index (χ1n) is 21.0. The van der Waals surface area contributed by atoms with Gasteiger partial charge in [0, 0.05) is 38.3 Å². The highest BCUT2D eigenvalue weighted by Crippen LogP contribution is 2.51. The van der Waals surface area contributed by atoms with Crippen molar-refractivity contribution in [2.45, 2.75) is 19.3 Å². The summed E-state index contributed by atoms with van der Waals surface area (Å²) in [6.07, 6.45) is 0. The standard InChI is InChI=1S/C57H42N2Si/c1-57(2)50-29-15-12-25-44(50)48-38-54-49(37-51(48)57)46-27-14-16-30-52(46)58(54)40-33-35-43(36-34-40)60(41-21-8-4-9-22-41,42-23-10-5-11-24-42)55-32-18-28-47-45-26-13-17-31-53(45)59(56(47)55)39-19-6-3-7-20-39/h3-38H,1-2H3. The summed E-state index contributed by atoms with van der Waals surface area (Å²) in [5.41, 5.74) is 12.7. The van der Waals surface area contributed by atoms with E-state index >= 15 is 0 Å². The van der Waals surface area contributed by atoms with E-state index in [-0.39, 0.29) is 5.41 Å². The summed E-state index contributed by atoms with van der Waals surface area (Å²) in [5, 5.41) is 10.6. The largest absolute Gasteiger partial charge is 0.309 e. The Kier molecular flexibility index (Phi) is 7.63. The van der Waals surface area contributed by atoms with Gasteiger partial charge in [-0.3, -0.25) is 0 Å². The van der Waals surface area contributed by atoms with Crippen LogP contribution in [0.15, 0.2) is 218 Å². The van der Waals surface area contributed by atoms with Crippen LogP contribution in [0.1, 0.15) is 25.0 Å². The highest BCUT2D eigenvalue weighted by Gasteiger charge is 2.44. The molecule has 0 aliphatic heterocycles. The predicted octanol–water partition coefficient (Wildman–Crippen LogP) is 11.6. The molecule has 2 nitrogen and oxygen atoms in total. The van der Waals surface area contributed by atoms with Gasteiger partial charge in [-0.15, -0.1) is 0 Å². The van der Waals surface area contributed by atoms with Gasteiger partial charge in [-0.2, -0.15) is 0 Å². The van der Waals surface area contributed by atoms with Crippen molar-refractivity contribution < 1.29 is 0 Å². The summed E-state index contributed by atoms with van der Waals surface area (Å²) in [6, 6.07) is 82.0. The van der Waals surface area contributed by atoms with Crippen molar-refractivity contribution in [1.82, 2.24) is 9.13 Å². The van der Waals surface area contributed by atoms with Crippen LogP contribution in [0.5, 0.6) is 0 Å². The molecule has 2 heterocycles. The lowest BCUT2D eigenvalue weighted by atomic mass is 9.82. The summed E-state index contributed by atoms with van der Waals surface area (Å²) in [5.74, 6) is 0. The van der Waals surface area contributed by atoms with Crippen molar-refractivity contribution in [2.24, 2.45) is 0 Å². The Labute approximate surface area is 351 Å². The van der Waals surface area contributed by atoms with Gasteiger partial charge in [0.25, 0.3) is 0 Å². The molecule has 3 heteroatoms. The molecule has 0 saturated carbocycles. The van der Waals surface area contributed by atoms with Crippen LogP contribution in [-0.4, -0.2) is 17.2 Å². The third kappa shape index (κ3) is 4.81. The first kappa shape index (κ1) is 34.8. The number of hydrogen-bond donors (Lipinski definition) is 0. The molecule has 0 unspecified atom stereocenters. The van der Waals surface area contributed by atoms with Crippen molar-refractivity contribution in [3.63, 3.8) is 0 Å². The fourth-order valence-electron chi connectivity index (χ4n) is 10.8. The molecule has 12 rings (SSSR count). The SMILES string of the molecule is CC1(C)c2ccccc2-c2cc3c(cc21)c1ccccc1n3-c1ccc([Si](c2ccccc2)(c2ccccc2)c2cccc3c4ccccc4n(-c4ccccc4)c23)cc1. The van der Waals surface area contributed by atoms with Crippen LogP contribution in [-0.2, 0) is 5.41 Å². The number of hydrogen-bond acceptors (Lipinski definition) is 0. The molecule has 1 aliphatic rings. The Balaban J connectivity index is 1.15. The van der Waals surface area contributed by atoms with Crippen LogP contribution >= 0.6 is 0 Å². The Bertz CT molecular complexity index is 3390. The minimum Gasteiger partial charge on any atom is -0.309 e. The monoisotopic (exact) mass is 782 g/mol. The Morgan fingerprint density at radius 2 is 0.867 bits per heavy atom. The van der Waals surface area contributed by atoms with Crippen molar-refractivity contribution >= 4 is 72.4 Å². The number of rotatable bonds is 6. The predicted molar refractivity (Wildman–Crippen MR) is 256 cm³/mol. The van der Waals surface area contributed by atoms with Crippen LogP contribution in [0.25, 0.3) is 66.1 Å². The maximum atomic E-state index is 2.51. The Morgan fingerprint density at radius 1 is 0.350 bits per heavy atom. The van der Waals surface area contributed by atoms with Gasteiger partial charge in [-0.05, 0) is 91.5 Å². The quantitative estimate of drug-likeness (QED) is 0.117. The topological polar surface area (TPSA) is 9.86 Å². The molecule has 11 aromatic rings. The zero-order valence-corrected chi connectivity index (χ0v) is 34.7. The van der Waals surface area contributed by atoms with Crippen LogP contribution in [0, 0.1) is 0 Å². The Hall–Kier alpha value is -7.20. The summed E-state index contributed by atoms with van der Waals surface area (Å²) >= 11 is 0.